The molecule has 2 atom stereocenters. The molecule has 0 amide bonds. The number of hydrogen-bond donors (Lipinski definition) is 0. The molecule has 0 spiro atoms. The SMILES string of the molecule is C[C@H]1CCC[C@H](C#N)C1. The molecule has 0 saturated heterocycles. The Balaban J connectivity index is 2.34. The Morgan fingerprint density at radius 3 is 2.67 bits per heavy atom. The molecule has 0 N–H and O–H groups in total. The third kappa shape index (κ3) is 1.71. The van der Waals surface area contributed by atoms with E-state index in [0.29, 0.717) is 5.92 Å². The van der Waals surface area contributed by atoms with E-state index < -0.39 is 0 Å². The largest absolute Gasteiger partial charge is 0.198 e. The van der Waals surface area contributed by atoms with Crippen LogP contribution in [0.5, 0.6) is 0 Å². The molecule has 0 unspecified atom stereocenters. The van der Waals surface area contributed by atoms with Crippen molar-refractivity contribution in [1.29, 1.82) is 5.26 Å². The summed E-state index contributed by atoms with van der Waals surface area (Å²) < 4.78 is 0. The molecule has 1 nitrogen and oxygen atoms in total. The lowest BCUT2D eigenvalue weighted by atomic mass is 9.83. The molecule has 1 aliphatic carbocycles. The summed E-state index contributed by atoms with van der Waals surface area (Å²) >= 11 is 0. The highest BCUT2D eigenvalue weighted by atomic mass is 14.3. The molecule has 1 saturated carbocycles. The summed E-state index contributed by atoms with van der Waals surface area (Å²) in [6, 6.07) is 2.33. The Labute approximate surface area is 56.7 Å². The molecule has 50 valence electrons. The minimum atomic E-state index is 0.369. The molecule has 0 aromatic carbocycles. The van der Waals surface area contributed by atoms with E-state index in [9.17, 15) is 0 Å². The van der Waals surface area contributed by atoms with E-state index in [0.717, 1.165) is 18.8 Å². The van der Waals surface area contributed by atoms with Crippen molar-refractivity contribution in [3.05, 3.63) is 0 Å². The Morgan fingerprint density at radius 1 is 1.44 bits per heavy atom. The summed E-state index contributed by atoms with van der Waals surface area (Å²) in [6.45, 7) is 2.24. The van der Waals surface area contributed by atoms with E-state index in [1.54, 1.807) is 0 Å². The monoisotopic (exact) mass is 123 g/mol. The molecule has 1 heteroatoms. The van der Waals surface area contributed by atoms with E-state index in [1.165, 1.54) is 12.8 Å². The zero-order valence-corrected chi connectivity index (χ0v) is 5.93. The van der Waals surface area contributed by atoms with Crippen LogP contribution >= 0.6 is 0 Å². The van der Waals surface area contributed by atoms with Crippen LogP contribution in [-0.2, 0) is 0 Å². The van der Waals surface area contributed by atoms with Crippen LogP contribution in [0.4, 0.5) is 0 Å². The minimum Gasteiger partial charge on any atom is -0.198 e. The van der Waals surface area contributed by atoms with Gasteiger partial charge in [0, 0.05) is 5.92 Å². The molecular weight excluding hydrogens is 110 g/mol. The van der Waals surface area contributed by atoms with Gasteiger partial charge in [0.15, 0.2) is 0 Å². The number of rotatable bonds is 0. The smallest absolute Gasteiger partial charge is 0.0655 e. The third-order valence-corrected chi connectivity index (χ3v) is 2.12. The number of nitriles is 1. The lowest BCUT2D eigenvalue weighted by Crippen LogP contribution is -2.10. The van der Waals surface area contributed by atoms with Crippen LogP contribution in [0.2, 0.25) is 0 Å². The summed E-state index contributed by atoms with van der Waals surface area (Å²) in [4.78, 5) is 0. The predicted molar refractivity (Wildman–Crippen MR) is 36.7 cm³/mol. The quantitative estimate of drug-likeness (QED) is 0.485. The van der Waals surface area contributed by atoms with Gasteiger partial charge in [-0.1, -0.05) is 19.8 Å². The van der Waals surface area contributed by atoms with Crippen LogP contribution in [0, 0.1) is 23.2 Å². The highest BCUT2D eigenvalue weighted by Gasteiger charge is 2.17. The van der Waals surface area contributed by atoms with Crippen molar-refractivity contribution in [2.45, 2.75) is 32.6 Å². The molecular formula is C8H13N. The number of hydrogen-bond acceptors (Lipinski definition) is 1. The fourth-order valence-electron chi connectivity index (χ4n) is 1.55. The van der Waals surface area contributed by atoms with E-state index in [-0.39, 0.29) is 0 Å². The molecule has 1 fully saturated rings. The van der Waals surface area contributed by atoms with Crippen LogP contribution in [0.25, 0.3) is 0 Å². The highest BCUT2D eigenvalue weighted by molar-refractivity contribution is 4.86. The van der Waals surface area contributed by atoms with Gasteiger partial charge in [0.2, 0.25) is 0 Å². The first-order chi connectivity index (χ1) is 4.33. The second-order valence-electron chi connectivity index (χ2n) is 3.10. The van der Waals surface area contributed by atoms with Crippen LogP contribution in [0.3, 0.4) is 0 Å². The van der Waals surface area contributed by atoms with E-state index >= 15 is 0 Å². The van der Waals surface area contributed by atoms with E-state index in [4.69, 9.17) is 5.26 Å². The summed E-state index contributed by atoms with van der Waals surface area (Å²) in [6.07, 6.45) is 4.87. The van der Waals surface area contributed by atoms with Gasteiger partial charge in [0.1, 0.15) is 0 Å². The van der Waals surface area contributed by atoms with Crippen molar-refractivity contribution in [1.82, 2.24) is 0 Å². The lowest BCUT2D eigenvalue weighted by Gasteiger charge is -2.20. The van der Waals surface area contributed by atoms with Crippen LogP contribution in [0.15, 0.2) is 0 Å². The Kier molecular flexibility index (Phi) is 2.10. The molecule has 0 radical (unpaired) electrons. The molecule has 0 heterocycles. The van der Waals surface area contributed by atoms with Gasteiger partial charge in [-0.15, -0.1) is 0 Å². The van der Waals surface area contributed by atoms with Crippen LogP contribution in [-0.4, -0.2) is 0 Å². The van der Waals surface area contributed by atoms with Crippen molar-refractivity contribution in [2.24, 2.45) is 11.8 Å². The molecule has 0 bridgehead atoms. The highest BCUT2D eigenvalue weighted by Crippen LogP contribution is 2.27. The number of nitrogens with zero attached hydrogens (tertiary/aromatic N) is 1. The average Bonchev–Trinajstić information content (AvgIpc) is 1.88. The van der Waals surface area contributed by atoms with Gasteiger partial charge in [-0.25, -0.2) is 0 Å². The van der Waals surface area contributed by atoms with E-state index in [1.807, 2.05) is 0 Å². The first-order valence-electron chi connectivity index (χ1n) is 3.72. The van der Waals surface area contributed by atoms with Gasteiger partial charge in [-0.3, -0.25) is 0 Å². The van der Waals surface area contributed by atoms with E-state index in [2.05, 4.69) is 13.0 Å². The summed E-state index contributed by atoms with van der Waals surface area (Å²) in [5.74, 6) is 1.16. The van der Waals surface area contributed by atoms with Crippen molar-refractivity contribution < 1.29 is 0 Å². The van der Waals surface area contributed by atoms with Gasteiger partial charge in [0.05, 0.1) is 6.07 Å². The van der Waals surface area contributed by atoms with Crippen molar-refractivity contribution in [2.75, 3.05) is 0 Å². The zero-order chi connectivity index (χ0) is 6.69. The first-order valence-corrected chi connectivity index (χ1v) is 3.72. The maximum absolute atomic E-state index is 8.56. The second kappa shape index (κ2) is 2.87. The van der Waals surface area contributed by atoms with Gasteiger partial charge in [-0.2, -0.15) is 5.26 Å². The normalized spacial score (nSPS) is 35.6. The van der Waals surface area contributed by atoms with Gasteiger partial charge < -0.3 is 0 Å². The standard InChI is InChI=1S/C8H13N/c1-7-3-2-4-8(5-7)6-9/h7-8H,2-5H2,1H3/t7-,8-/m0/s1. The second-order valence-corrected chi connectivity index (χ2v) is 3.10. The maximum atomic E-state index is 8.56. The van der Waals surface area contributed by atoms with Crippen molar-refractivity contribution in [3.8, 4) is 6.07 Å². The molecule has 0 aromatic heterocycles. The average molecular weight is 123 g/mol. The fourth-order valence-corrected chi connectivity index (χ4v) is 1.55. The lowest BCUT2D eigenvalue weighted by molar-refractivity contribution is 0.331. The van der Waals surface area contributed by atoms with Gasteiger partial charge in [0.25, 0.3) is 0 Å². The zero-order valence-electron chi connectivity index (χ0n) is 5.93. The Morgan fingerprint density at radius 2 is 2.22 bits per heavy atom. The Hall–Kier alpha value is -0.510. The summed E-state index contributed by atoms with van der Waals surface area (Å²) in [7, 11) is 0. The first kappa shape index (κ1) is 6.61. The topological polar surface area (TPSA) is 23.8 Å². The van der Waals surface area contributed by atoms with Crippen LogP contribution < -0.4 is 0 Å². The van der Waals surface area contributed by atoms with Crippen molar-refractivity contribution in [3.63, 3.8) is 0 Å². The summed E-state index contributed by atoms with van der Waals surface area (Å²) in [5, 5.41) is 8.56. The summed E-state index contributed by atoms with van der Waals surface area (Å²) in [5.41, 5.74) is 0. The minimum absolute atomic E-state index is 0.369. The maximum Gasteiger partial charge on any atom is 0.0655 e. The molecule has 0 aliphatic heterocycles. The molecule has 9 heavy (non-hydrogen) atoms. The molecule has 1 aliphatic rings. The van der Waals surface area contributed by atoms with Crippen LogP contribution in [0.1, 0.15) is 32.6 Å². The van der Waals surface area contributed by atoms with Gasteiger partial charge in [-0.05, 0) is 18.8 Å². The molecule has 0 aromatic rings. The van der Waals surface area contributed by atoms with Gasteiger partial charge >= 0.3 is 0 Å². The molecule has 1 rings (SSSR count). The fraction of sp³-hybridized carbons (Fsp3) is 0.875. The third-order valence-electron chi connectivity index (χ3n) is 2.12. The van der Waals surface area contributed by atoms with Crippen molar-refractivity contribution >= 4 is 0 Å². The predicted octanol–water partition coefficient (Wildman–Crippen LogP) is 2.34. The Bertz CT molecular complexity index is 123.